The van der Waals surface area contributed by atoms with E-state index in [2.05, 4.69) is 17.1 Å². The predicted octanol–water partition coefficient (Wildman–Crippen LogP) is 2.09. The van der Waals surface area contributed by atoms with Crippen LogP contribution in [-0.4, -0.2) is 30.6 Å². The van der Waals surface area contributed by atoms with Crippen LogP contribution in [0.2, 0.25) is 0 Å². The van der Waals surface area contributed by atoms with Gasteiger partial charge in [0.15, 0.2) is 0 Å². The summed E-state index contributed by atoms with van der Waals surface area (Å²) < 4.78 is 0. The Morgan fingerprint density at radius 2 is 2.22 bits per heavy atom. The minimum atomic E-state index is -0.304. The fourth-order valence-corrected chi connectivity index (χ4v) is 2.23. The second kappa shape index (κ2) is 5.35. The van der Waals surface area contributed by atoms with Gasteiger partial charge >= 0.3 is 0 Å². The van der Waals surface area contributed by atoms with Crippen molar-refractivity contribution in [1.29, 1.82) is 0 Å². The second-order valence-electron chi connectivity index (χ2n) is 4.73. The highest BCUT2D eigenvalue weighted by molar-refractivity contribution is 5.57. The summed E-state index contributed by atoms with van der Waals surface area (Å²) in [6, 6.07) is 5.98. The first-order valence-electron chi connectivity index (χ1n) is 6.36. The summed E-state index contributed by atoms with van der Waals surface area (Å²) in [6.07, 6.45) is 1.04. The van der Waals surface area contributed by atoms with E-state index >= 15 is 0 Å². The van der Waals surface area contributed by atoms with Gasteiger partial charge in [0.05, 0.1) is 11.0 Å². The van der Waals surface area contributed by atoms with Crippen molar-refractivity contribution in [1.82, 2.24) is 5.32 Å². The molecule has 0 saturated carbocycles. The Bertz CT molecular complexity index is 444. The number of hydrogen-bond donors (Lipinski definition) is 1. The molecule has 18 heavy (non-hydrogen) atoms. The molecule has 0 radical (unpaired) electrons. The van der Waals surface area contributed by atoms with Crippen molar-refractivity contribution in [2.75, 3.05) is 24.5 Å². The van der Waals surface area contributed by atoms with Crippen LogP contribution in [0.25, 0.3) is 0 Å². The van der Waals surface area contributed by atoms with Crippen LogP contribution < -0.4 is 10.2 Å². The van der Waals surface area contributed by atoms with Crippen molar-refractivity contribution in [2.45, 2.75) is 26.3 Å². The Kier molecular flexibility index (Phi) is 3.81. The third kappa shape index (κ3) is 2.46. The SMILES string of the molecule is CCCN(c1ccc(C)c([N+](=O)[O-])c1)C1CNC1. The van der Waals surface area contributed by atoms with Crippen LogP contribution in [0.5, 0.6) is 0 Å². The first kappa shape index (κ1) is 12.8. The topological polar surface area (TPSA) is 58.4 Å². The zero-order chi connectivity index (χ0) is 13.1. The maximum atomic E-state index is 11.0. The zero-order valence-corrected chi connectivity index (χ0v) is 10.8. The highest BCUT2D eigenvalue weighted by Gasteiger charge is 2.25. The summed E-state index contributed by atoms with van der Waals surface area (Å²) in [4.78, 5) is 12.9. The molecule has 1 aliphatic heterocycles. The Morgan fingerprint density at radius 1 is 1.50 bits per heavy atom. The van der Waals surface area contributed by atoms with Gasteiger partial charge in [0, 0.05) is 37.0 Å². The van der Waals surface area contributed by atoms with Gasteiger partial charge in [-0.1, -0.05) is 13.0 Å². The van der Waals surface area contributed by atoms with Crippen molar-refractivity contribution < 1.29 is 4.92 Å². The van der Waals surface area contributed by atoms with E-state index in [4.69, 9.17) is 0 Å². The molecule has 1 fully saturated rings. The molecule has 98 valence electrons. The van der Waals surface area contributed by atoms with E-state index < -0.39 is 0 Å². The average molecular weight is 249 g/mol. The fraction of sp³-hybridized carbons (Fsp3) is 0.538. The Balaban J connectivity index is 2.29. The van der Waals surface area contributed by atoms with Crippen LogP contribution in [0.1, 0.15) is 18.9 Å². The van der Waals surface area contributed by atoms with E-state index in [1.807, 2.05) is 12.1 Å². The molecule has 1 aliphatic rings. The van der Waals surface area contributed by atoms with Gasteiger partial charge in [-0.2, -0.15) is 0 Å². The minimum Gasteiger partial charge on any atom is -0.366 e. The highest BCUT2D eigenvalue weighted by atomic mass is 16.6. The van der Waals surface area contributed by atoms with Gasteiger partial charge in [-0.15, -0.1) is 0 Å². The smallest absolute Gasteiger partial charge is 0.274 e. The first-order chi connectivity index (χ1) is 8.63. The van der Waals surface area contributed by atoms with Crippen molar-refractivity contribution in [3.63, 3.8) is 0 Å². The molecule has 1 heterocycles. The Labute approximate surface area is 107 Å². The fourth-order valence-electron chi connectivity index (χ4n) is 2.23. The summed E-state index contributed by atoms with van der Waals surface area (Å²) in [5, 5.41) is 14.2. The maximum absolute atomic E-state index is 11.0. The van der Waals surface area contributed by atoms with Gasteiger partial charge in [-0.25, -0.2) is 0 Å². The lowest BCUT2D eigenvalue weighted by molar-refractivity contribution is -0.385. The van der Waals surface area contributed by atoms with Gasteiger partial charge in [-0.05, 0) is 19.4 Å². The van der Waals surface area contributed by atoms with Crippen LogP contribution in [0.15, 0.2) is 18.2 Å². The molecule has 0 spiro atoms. The number of rotatable bonds is 5. The summed E-state index contributed by atoms with van der Waals surface area (Å²) in [6.45, 7) is 6.76. The van der Waals surface area contributed by atoms with E-state index in [-0.39, 0.29) is 10.6 Å². The van der Waals surface area contributed by atoms with Gasteiger partial charge in [0.2, 0.25) is 0 Å². The predicted molar refractivity (Wildman–Crippen MR) is 72.1 cm³/mol. The Morgan fingerprint density at radius 3 is 2.72 bits per heavy atom. The molecule has 1 aromatic rings. The molecule has 0 unspecified atom stereocenters. The molecule has 0 aromatic heterocycles. The van der Waals surface area contributed by atoms with Gasteiger partial charge in [-0.3, -0.25) is 10.1 Å². The molecule has 2 rings (SSSR count). The molecule has 0 amide bonds. The molecule has 0 atom stereocenters. The monoisotopic (exact) mass is 249 g/mol. The molecule has 1 N–H and O–H groups in total. The van der Waals surface area contributed by atoms with E-state index in [9.17, 15) is 10.1 Å². The molecular formula is C13H19N3O2. The molecule has 0 aliphatic carbocycles. The number of nitrogens with zero attached hydrogens (tertiary/aromatic N) is 2. The highest BCUT2D eigenvalue weighted by Crippen LogP contribution is 2.27. The molecule has 5 heteroatoms. The lowest BCUT2D eigenvalue weighted by atomic mass is 10.1. The number of benzene rings is 1. The van der Waals surface area contributed by atoms with Gasteiger partial charge in [0.1, 0.15) is 0 Å². The van der Waals surface area contributed by atoms with Crippen molar-refractivity contribution in [2.24, 2.45) is 0 Å². The van der Waals surface area contributed by atoms with Gasteiger partial charge in [0.25, 0.3) is 5.69 Å². The summed E-state index contributed by atoms with van der Waals surface area (Å²) in [5.41, 5.74) is 1.88. The van der Waals surface area contributed by atoms with Crippen LogP contribution in [0.4, 0.5) is 11.4 Å². The standard InChI is InChI=1S/C13H19N3O2/c1-3-6-15(12-8-14-9-12)11-5-4-10(2)13(7-11)16(17)18/h4-5,7,12,14H,3,6,8-9H2,1-2H3. The summed E-state index contributed by atoms with van der Waals surface area (Å²) in [5.74, 6) is 0. The number of nitro benzene ring substituents is 1. The minimum absolute atomic E-state index is 0.209. The normalized spacial score (nSPS) is 15.2. The lowest BCUT2D eigenvalue weighted by Gasteiger charge is -2.39. The quantitative estimate of drug-likeness (QED) is 0.641. The lowest BCUT2D eigenvalue weighted by Crippen LogP contribution is -2.57. The Hall–Kier alpha value is -1.62. The average Bonchev–Trinajstić information content (AvgIpc) is 2.26. The van der Waals surface area contributed by atoms with Crippen molar-refractivity contribution in [3.8, 4) is 0 Å². The number of nitro groups is 1. The summed E-state index contributed by atoms with van der Waals surface area (Å²) in [7, 11) is 0. The first-order valence-corrected chi connectivity index (χ1v) is 6.36. The number of aryl methyl sites for hydroxylation is 1. The second-order valence-corrected chi connectivity index (χ2v) is 4.73. The van der Waals surface area contributed by atoms with E-state index in [1.165, 1.54) is 0 Å². The zero-order valence-electron chi connectivity index (χ0n) is 10.8. The molecule has 0 bridgehead atoms. The molecule has 5 nitrogen and oxygen atoms in total. The number of nitrogens with one attached hydrogen (secondary N) is 1. The van der Waals surface area contributed by atoms with Crippen LogP contribution in [0.3, 0.4) is 0 Å². The van der Waals surface area contributed by atoms with E-state index in [0.717, 1.165) is 31.7 Å². The van der Waals surface area contributed by atoms with Crippen LogP contribution in [0, 0.1) is 17.0 Å². The molecule has 1 saturated heterocycles. The van der Waals surface area contributed by atoms with Crippen molar-refractivity contribution in [3.05, 3.63) is 33.9 Å². The van der Waals surface area contributed by atoms with E-state index in [1.54, 1.807) is 13.0 Å². The van der Waals surface area contributed by atoms with Crippen LogP contribution >= 0.6 is 0 Å². The molecular weight excluding hydrogens is 230 g/mol. The number of hydrogen-bond acceptors (Lipinski definition) is 4. The number of anilines is 1. The van der Waals surface area contributed by atoms with E-state index in [0.29, 0.717) is 11.6 Å². The molecule has 1 aromatic carbocycles. The van der Waals surface area contributed by atoms with Crippen LogP contribution in [-0.2, 0) is 0 Å². The largest absolute Gasteiger partial charge is 0.366 e. The van der Waals surface area contributed by atoms with Crippen molar-refractivity contribution >= 4 is 11.4 Å². The van der Waals surface area contributed by atoms with Gasteiger partial charge < -0.3 is 10.2 Å². The summed E-state index contributed by atoms with van der Waals surface area (Å²) >= 11 is 0. The third-order valence-electron chi connectivity index (χ3n) is 3.39. The third-order valence-corrected chi connectivity index (χ3v) is 3.39. The maximum Gasteiger partial charge on any atom is 0.274 e.